The number of carbonyl (C=O) groups excluding carboxylic acids is 2. The largest absolute Gasteiger partial charge is 0.497 e. The van der Waals surface area contributed by atoms with Crippen LogP contribution in [0.25, 0.3) is 10.9 Å². The number of fused-ring (bicyclic) bond motifs is 1. The van der Waals surface area contributed by atoms with Crippen LogP contribution in [0.1, 0.15) is 54.1 Å². The quantitative estimate of drug-likeness (QED) is 0.431. The lowest BCUT2D eigenvalue weighted by Crippen LogP contribution is -2.26. The summed E-state index contributed by atoms with van der Waals surface area (Å²) < 4.78 is 10.8. The van der Waals surface area contributed by atoms with Crippen LogP contribution in [-0.4, -0.2) is 36.9 Å². The summed E-state index contributed by atoms with van der Waals surface area (Å²) in [5, 5.41) is 7.31. The smallest absolute Gasteiger partial charge is 0.255 e. The first-order valence-corrected chi connectivity index (χ1v) is 11.7. The van der Waals surface area contributed by atoms with Gasteiger partial charge in [0.2, 0.25) is 0 Å². The minimum absolute atomic E-state index is 0.145. The van der Waals surface area contributed by atoms with E-state index in [-0.39, 0.29) is 24.2 Å². The van der Waals surface area contributed by atoms with Crippen LogP contribution >= 0.6 is 0 Å². The minimum Gasteiger partial charge on any atom is -0.497 e. The Labute approximate surface area is 199 Å². The zero-order chi connectivity index (χ0) is 24.1. The number of ether oxygens (including phenoxy) is 2. The number of pyridine rings is 1. The molecule has 1 aliphatic rings. The van der Waals surface area contributed by atoms with Crippen LogP contribution in [0.4, 0.5) is 5.69 Å². The van der Waals surface area contributed by atoms with Crippen molar-refractivity contribution in [2.75, 3.05) is 19.5 Å². The van der Waals surface area contributed by atoms with E-state index in [9.17, 15) is 9.59 Å². The Balaban J connectivity index is 1.74. The van der Waals surface area contributed by atoms with Gasteiger partial charge in [-0.25, -0.2) is 0 Å². The lowest BCUT2D eigenvalue weighted by molar-refractivity contribution is -0.118. The van der Waals surface area contributed by atoms with Crippen molar-refractivity contribution in [1.29, 1.82) is 0 Å². The third-order valence-electron chi connectivity index (χ3n) is 5.97. The average molecular weight is 462 g/mol. The number of hydrogen-bond acceptors (Lipinski definition) is 6. The first kappa shape index (κ1) is 23.5. The number of amides is 1. The van der Waals surface area contributed by atoms with Crippen molar-refractivity contribution < 1.29 is 19.1 Å². The third-order valence-corrected chi connectivity index (χ3v) is 5.97. The first-order chi connectivity index (χ1) is 16.5. The van der Waals surface area contributed by atoms with E-state index in [4.69, 9.17) is 9.47 Å². The molecule has 178 valence electrons. The lowest BCUT2D eigenvalue weighted by atomic mass is 10.00. The number of aromatic nitrogens is 1. The van der Waals surface area contributed by atoms with E-state index in [1.807, 2.05) is 43.3 Å². The summed E-state index contributed by atoms with van der Waals surface area (Å²) in [6.07, 6.45) is 5.22. The number of nitrogens with one attached hydrogen (secondary N) is 2. The zero-order valence-corrected chi connectivity index (χ0v) is 19.9. The summed E-state index contributed by atoms with van der Waals surface area (Å²) in [5.74, 6) is 1.42. The molecule has 7 nitrogen and oxygen atoms in total. The average Bonchev–Trinajstić information content (AvgIpc) is 3.66. The molecule has 1 aliphatic carbocycles. The van der Waals surface area contributed by atoms with Crippen LogP contribution in [0, 0.1) is 0 Å². The standard InChI is InChI=1S/C27H31N3O4/c1-4-5-20(31)12-18-13-22-24(14-25(18)34-3)28-16-23(27(32)30-19-8-9-19)26(22)29-15-17-6-10-21(33-2)11-7-17/h6-7,10-11,13-14,16,19H,4-5,8-9,12,15H2,1-3H3,(H,28,29)(H,30,32). The van der Waals surface area contributed by atoms with E-state index in [0.29, 0.717) is 35.5 Å². The number of carbonyl (C=O) groups is 2. The summed E-state index contributed by atoms with van der Waals surface area (Å²) in [7, 11) is 3.23. The number of Topliss-reactive ketones (excluding diaryl/α,β-unsaturated/α-hetero) is 1. The number of rotatable bonds is 11. The normalized spacial score (nSPS) is 12.9. The molecule has 0 bridgehead atoms. The van der Waals surface area contributed by atoms with Crippen LogP contribution in [0.3, 0.4) is 0 Å². The van der Waals surface area contributed by atoms with Gasteiger partial charge in [0.05, 0.1) is 31.0 Å². The van der Waals surface area contributed by atoms with Gasteiger partial charge in [-0.05, 0) is 43.0 Å². The molecule has 34 heavy (non-hydrogen) atoms. The Morgan fingerprint density at radius 3 is 2.50 bits per heavy atom. The highest BCUT2D eigenvalue weighted by Crippen LogP contribution is 2.33. The van der Waals surface area contributed by atoms with Crippen molar-refractivity contribution in [3.8, 4) is 11.5 Å². The van der Waals surface area contributed by atoms with E-state index in [2.05, 4.69) is 15.6 Å². The molecule has 1 heterocycles. The Hall–Kier alpha value is -3.61. The highest BCUT2D eigenvalue weighted by Gasteiger charge is 2.26. The van der Waals surface area contributed by atoms with E-state index < -0.39 is 0 Å². The van der Waals surface area contributed by atoms with Crippen LogP contribution in [0.5, 0.6) is 11.5 Å². The van der Waals surface area contributed by atoms with Crippen LogP contribution in [0.2, 0.25) is 0 Å². The maximum atomic E-state index is 13.0. The molecule has 3 aromatic rings. The number of methoxy groups -OCH3 is 2. The number of anilines is 1. The van der Waals surface area contributed by atoms with E-state index in [1.165, 1.54) is 0 Å². The Bertz CT molecular complexity index is 1190. The SMILES string of the molecule is CCCC(=O)Cc1cc2c(NCc3ccc(OC)cc3)c(C(=O)NC3CC3)cnc2cc1OC. The van der Waals surface area contributed by atoms with Gasteiger partial charge in [-0.1, -0.05) is 19.1 Å². The van der Waals surface area contributed by atoms with Gasteiger partial charge in [0, 0.05) is 48.6 Å². The molecule has 2 aromatic carbocycles. The fraction of sp³-hybridized carbons (Fsp3) is 0.370. The van der Waals surface area contributed by atoms with Crippen molar-refractivity contribution >= 4 is 28.3 Å². The fourth-order valence-electron chi connectivity index (χ4n) is 3.96. The maximum Gasteiger partial charge on any atom is 0.255 e. The second-order valence-corrected chi connectivity index (χ2v) is 8.64. The molecule has 2 N–H and O–H groups in total. The van der Waals surface area contributed by atoms with Gasteiger partial charge in [0.15, 0.2) is 0 Å². The van der Waals surface area contributed by atoms with Crippen molar-refractivity contribution in [1.82, 2.24) is 10.3 Å². The minimum atomic E-state index is -0.145. The molecule has 0 saturated heterocycles. The monoisotopic (exact) mass is 461 g/mol. The highest BCUT2D eigenvalue weighted by atomic mass is 16.5. The summed E-state index contributed by atoms with van der Waals surface area (Å²) in [6, 6.07) is 11.8. The predicted octanol–water partition coefficient (Wildman–Crippen LogP) is 4.67. The van der Waals surface area contributed by atoms with Crippen molar-refractivity contribution in [2.45, 2.75) is 51.6 Å². The van der Waals surface area contributed by atoms with Gasteiger partial charge < -0.3 is 20.1 Å². The highest BCUT2D eigenvalue weighted by molar-refractivity contribution is 6.07. The van der Waals surface area contributed by atoms with Crippen LogP contribution in [0.15, 0.2) is 42.6 Å². The molecule has 0 radical (unpaired) electrons. The topological polar surface area (TPSA) is 89.5 Å². The zero-order valence-electron chi connectivity index (χ0n) is 19.9. The number of hydrogen-bond donors (Lipinski definition) is 2. The molecule has 0 atom stereocenters. The molecule has 1 saturated carbocycles. The first-order valence-electron chi connectivity index (χ1n) is 11.7. The molecular formula is C27H31N3O4. The Kier molecular flexibility index (Phi) is 7.30. The summed E-state index contributed by atoms with van der Waals surface area (Å²) >= 11 is 0. The molecule has 0 aliphatic heterocycles. The predicted molar refractivity (Wildman–Crippen MR) is 133 cm³/mol. The van der Waals surface area contributed by atoms with Gasteiger partial charge in [0.1, 0.15) is 17.3 Å². The van der Waals surface area contributed by atoms with Gasteiger partial charge >= 0.3 is 0 Å². The number of benzene rings is 2. The van der Waals surface area contributed by atoms with Crippen molar-refractivity contribution in [2.24, 2.45) is 0 Å². The van der Waals surface area contributed by atoms with Crippen LogP contribution in [-0.2, 0) is 17.8 Å². The second kappa shape index (κ2) is 10.5. The molecule has 0 unspecified atom stereocenters. The number of ketones is 1. The summed E-state index contributed by atoms with van der Waals surface area (Å²) in [4.78, 5) is 30.0. The molecule has 4 rings (SSSR count). The van der Waals surface area contributed by atoms with Crippen molar-refractivity contribution in [3.63, 3.8) is 0 Å². The van der Waals surface area contributed by atoms with Gasteiger partial charge in [0.25, 0.3) is 5.91 Å². The Morgan fingerprint density at radius 2 is 1.85 bits per heavy atom. The molecule has 1 fully saturated rings. The van der Waals surface area contributed by atoms with Gasteiger partial charge in [-0.3, -0.25) is 14.6 Å². The maximum absolute atomic E-state index is 13.0. The summed E-state index contributed by atoms with van der Waals surface area (Å²) in [5.41, 5.74) is 3.73. The van der Waals surface area contributed by atoms with Gasteiger partial charge in [-0.15, -0.1) is 0 Å². The second-order valence-electron chi connectivity index (χ2n) is 8.64. The van der Waals surface area contributed by atoms with Crippen LogP contribution < -0.4 is 20.1 Å². The summed E-state index contributed by atoms with van der Waals surface area (Å²) in [6.45, 7) is 2.51. The molecule has 0 spiro atoms. The number of nitrogens with zero attached hydrogens (tertiary/aromatic N) is 1. The fourth-order valence-corrected chi connectivity index (χ4v) is 3.96. The Morgan fingerprint density at radius 1 is 1.09 bits per heavy atom. The van der Waals surface area contributed by atoms with E-state index in [1.54, 1.807) is 20.4 Å². The molecular weight excluding hydrogens is 430 g/mol. The molecule has 1 aromatic heterocycles. The van der Waals surface area contributed by atoms with E-state index >= 15 is 0 Å². The molecule has 7 heteroatoms. The van der Waals surface area contributed by atoms with Gasteiger partial charge in [-0.2, -0.15) is 0 Å². The molecule has 1 amide bonds. The van der Waals surface area contributed by atoms with Crippen molar-refractivity contribution in [3.05, 3.63) is 59.3 Å². The lowest BCUT2D eigenvalue weighted by Gasteiger charge is -2.17. The third kappa shape index (κ3) is 5.47. The van der Waals surface area contributed by atoms with E-state index in [0.717, 1.165) is 41.5 Å².